The third-order valence-electron chi connectivity index (χ3n) is 5.36. The van der Waals surface area contributed by atoms with Crippen LogP contribution in [0.4, 0.5) is 29.0 Å². The summed E-state index contributed by atoms with van der Waals surface area (Å²) in [5, 5.41) is 7.79. The van der Waals surface area contributed by atoms with Gasteiger partial charge in [0.2, 0.25) is 5.95 Å². The molecule has 1 aliphatic heterocycles. The maximum atomic E-state index is 12.7. The van der Waals surface area contributed by atoms with Crippen LogP contribution in [0.5, 0.6) is 0 Å². The first-order chi connectivity index (χ1) is 16.7. The first-order valence-corrected chi connectivity index (χ1v) is 15.3. The van der Waals surface area contributed by atoms with Crippen LogP contribution in [0.15, 0.2) is 47.2 Å². The van der Waals surface area contributed by atoms with Crippen LogP contribution in [0.1, 0.15) is 13.8 Å². The molecule has 0 bridgehead atoms. The molecule has 0 spiro atoms. The minimum absolute atomic E-state index is 0.388. The molecule has 1 fully saturated rings. The molecule has 0 amide bonds. The zero-order chi connectivity index (χ0) is 25.6. The molecular formula is C24H32BrClN7OP. The zero-order valence-corrected chi connectivity index (χ0v) is 24.0. The van der Waals surface area contributed by atoms with Gasteiger partial charge < -0.3 is 25.0 Å². The molecule has 188 valence electrons. The predicted molar refractivity (Wildman–Crippen MR) is 152 cm³/mol. The number of hydrogen-bond donors (Lipinski definition) is 2. The Hall–Kier alpha value is -2.19. The van der Waals surface area contributed by atoms with E-state index in [1.165, 1.54) is 0 Å². The van der Waals surface area contributed by atoms with Crippen LogP contribution in [0.2, 0.25) is 5.02 Å². The number of halogens is 2. The summed E-state index contributed by atoms with van der Waals surface area (Å²) in [6.07, 6.45) is 3.39. The lowest BCUT2D eigenvalue weighted by Gasteiger charge is -2.33. The lowest BCUT2D eigenvalue weighted by Crippen LogP contribution is -2.44. The van der Waals surface area contributed by atoms with E-state index in [-0.39, 0.29) is 0 Å². The maximum absolute atomic E-state index is 12.7. The summed E-state index contributed by atoms with van der Waals surface area (Å²) in [4.78, 5) is 18.0. The SMILES string of the molecule is CC.CN1CCN(c2ncc(Nc3ncc(Br)c(Nc4ccccc4P(C)(C)=O)n3)cc2Cl)CC1. The van der Waals surface area contributed by atoms with E-state index in [0.717, 1.165) is 43.0 Å². The van der Waals surface area contributed by atoms with Crippen molar-refractivity contribution in [1.82, 2.24) is 19.9 Å². The summed E-state index contributed by atoms with van der Waals surface area (Å²) in [7, 11) is -0.353. The average Bonchev–Trinajstić information content (AvgIpc) is 2.83. The maximum Gasteiger partial charge on any atom is 0.229 e. The van der Waals surface area contributed by atoms with E-state index in [2.05, 4.69) is 58.4 Å². The topological polar surface area (TPSA) is 86.3 Å². The molecule has 3 aromatic rings. The lowest BCUT2D eigenvalue weighted by atomic mass is 10.3. The number of aromatic nitrogens is 3. The molecule has 4 rings (SSSR count). The summed E-state index contributed by atoms with van der Waals surface area (Å²) < 4.78 is 13.4. The molecule has 1 saturated heterocycles. The Balaban J connectivity index is 0.00000167. The number of nitrogens with zero attached hydrogens (tertiary/aromatic N) is 5. The molecule has 2 N–H and O–H groups in total. The van der Waals surface area contributed by atoms with Crippen LogP contribution < -0.4 is 20.8 Å². The molecule has 1 aromatic carbocycles. The standard InChI is InChI=1S/C22H26BrClN7OP.C2H6/c1-30-8-10-31(11-9-30)21-17(24)12-15(13-25-21)27-22-26-14-16(23)20(29-22)28-18-6-4-5-7-19(18)33(2,3)32;1-2/h4-7,12-14H,8-11H2,1-3H3,(H2,26,27,28,29);1-2H3. The second-order valence-electron chi connectivity index (χ2n) is 8.33. The van der Waals surface area contributed by atoms with Crippen molar-refractivity contribution < 1.29 is 4.57 Å². The van der Waals surface area contributed by atoms with Gasteiger partial charge in [0.25, 0.3) is 0 Å². The molecule has 11 heteroatoms. The van der Waals surface area contributed by atoms with Gasteiger partial charge in [-0.25, -0.2) is 9.97 Å². The highest BCUT2D eigenvalue weighted by atomic mass is 79.9. The van der Waals surface area contributed by atoms with Crippen LogP contribution in [-0.4, -0.2) is 66.4 Å². The molecule has 1 aliphatic rings. The van der Waals surface area contributed by atoms with Crippen LogP contribution in [0, 0.1) is 0 Å². The third-order valence-corrected chi connectivity index (χ3v) is 7.77. The van der Waals surface area contributed by atoms with Gasteiger partial charge in [0.05, 0.1) is 27.1 Å². The highest BCUT2D eigenvalue weighted by molar-refractivity contribution is 9.10. The molecule has 35 heavy (non-hydrogen) atoms. The Kier molecular flexibility index (Phi) is 9.53. The molecule has 0 unspecified atom stereocenters. The summed E-state index contributed by atoms with van der Waals surface area (Å²) in [6, 6.07) is 9.36. The van der Waals surface area contributed by atoms with Crippen molar-refractivity contribution in [3.63, 3.8) is 0 Å². The molecule has 0 aliphatic carbocycles. The van der Waals surface area contributed by atoms with Gasteiger partial charge in [0.15, 0.2) is 0 Å². The van der Waals surface area contributed by atoms with Crippen molar-refractivity contribution in [2.75, 3.05) is 62.1 Å². The number of piperazine rings is 1. The average molecular weight is 581 g/mol. The monoisotopic (exact) mass is 579 g/mol. The zero-order valence-electron chi connectivity index (χ0n) is 20.7. The highest BCUT2D eigenvalue weighted by Crippen LogP contribution is 2.38. The van der Waals surface area contributed by atoms with Crippen molar-refractivity contribution in [3.8, 4) is 0 Å². The van der Waals surface area contributed by atoms with E-state index in [9.17, 15) is 4.57 Å². The number of benzene rings is 1. The first-order valence-electron chi connectivity index (χ1n) is 11.5. The van der Waals surface area contributed by atoms with E-state index in [0.29, 0.717) is 26.9 Å². The van der Waals surface area contributed by atoms with Gasteiger partial charge in [0.1, 0.15) is 18.8 Å². The van der Waals surface area contributed by atoms with Crippen LogP contribution >= 0.6 is 34.7 Å². The number of likely N-dealkylation sites (N-methyl/N-ethyl adjacent to an activating group) is 1. The predicted octanol–water partition coefficient (Wildman–Crippen LogP) is 5.80. The Bertz CT molecular complexity index is 1200. The minimum atomic E-state index is -2.47. The van der Waals surface area contributed by atoms with Crippen LogP contribution in [-0.2, 0) is 4.57 Å². The van der Waals surface area contributed by atoms with Crippen molar-refractivity contribution >= 4 is 68.9 Å². The number of nitrogens with one attached hydrogen (secondary N) is 2. The fourth-order valence-corrected chi connectivity index (χ4v) is 5.30. The normalized spacial score (nSPS) is 14.2. The molecule has 0 radical (unpaired) electrons. The molecule has 3 heterocycles. The molecular weight excluding hydrogens is 549 g/mol. The minimum Gasteiger partial charge on any atom is -0.353 e. The second kappa shape index (κ2) is 12.2. The highest BCUT2D eigenvalue weighted by Gasteiger charge is 2.19. The Morgan fingerprint density at radius 3 is 2.37 bits per heavy atom. The van der Waals surface area contributed by atoms with Crippen molar-refractivity contribution in [2.45, 2.75) is 13.8 Å². The summed E-state index contributed by atoms with van der Waals surface area (Å²) in [5.41, 5.74) is 1.44. The van der Waals surface area contributed by atoms with E-state index in [1.54, 1.807) is 25.7 Å². The van der Waals surface area contributed by atoms with Gasteiger partial charge in [-0.15, -0.1) is 0 Å². The summed E-state index contributed by atoms with van der Waals surface area (Å²) in [5.74, 6) is 1.73. The lowest BCUT2D eigenvalue weighted by molar-refractivity contribution is 0.312. The van der Waals surface area contributed by atoms with Crippen LogP contribution in [0.25, 0.3) is 0 Å². The molecule has 0 saturated carbocycles. The Labute approximate surface area is 221 Å². The van der Waals surface area contributed by atoms with E-state index < -0.39 is 7.14 Å². The molecule has 2 aromatic heterocycles. The van der Waals surface area contributed by atoms with Gasteiger partial charge in [-0.1, -0.05) is 37.6 Å². The number of pyridine rings is 1. The number of anilines is 5. The fraction of sp³-hybridized carbons (Fsp3) is 0.375. The molecule has 0 atom stereocenters. The number of rotatable bonds is 6. The van der Waals surface area contributed by atoms with Crippen molar-refractivity contribution in [1.29, 1.82) is 0 Å². The first kappa shape index (κ1) is 27.4. The third kappa shape index (κ3) is 7.17. The summed E-state index contributed by atoms with van der Waals surface area (Å²) >= 11 is 10.0. The van der Waals surface area contributed by atoms with E-state index in [4.69, 9.17) is 11.6 Å². The smallest absolute Gasteiger partial charge is 0.229 e. The van der Waals surface area contributed by atoms with Gasteiger partial charge in [-0.05, 0) is 54.5 Å². The van der Waals surface area contributed by atoms with Gasteiger partial charge in [0, 0.05) is 37.7 Å². The Morgan fingerprint density at radius 1 is 1.03 bits per heavy atom. The largest absolute Gasteiger partial charge is 0.353 e. The fourth-order valence-electron chi connectivity index (χ4n) is 3.57. The Morgan fingerprint density at radius 2 is 1.71 bits per heavy atom. The van der Waals surface area contributed by atoms with E-state index >= 15 is 0 Å². The van der Waals surface area contributed by atoms with Crippen molar-refractivity contribution in [3.05, 3.63) is 52.2 Å². The summed E-state index contributed by atoms with van der Waals surface area (Å²) in [6.45, 7) is 11.2. The van der Waals surface area contributed by atoms with Crippen molar-refractivity contribution in [2.24, 2.45) is 0 Å². The van der Waals surface area contributed by atoms with Gasteiger partial charge >= 0.3 is 0 Å². The molecule has 8 nitrogen and oxygen atoms in total. The van der Waals surface area contributed by atoms with Gasteiger partial charge in [-0.2, -0.15) is 4.98 Å². The van der Waals surface area contributed by atoms with Gasteiger partial charge in [-0.3, -0.25) is 0 Å². The second-order valence-corrected chi connectivity index (χ2v) is 12.8. The number of para-hydroxylation sites is 1. The number of hydrogen-bond acceptors (Lipinski definition) is 8. The van der Waals surface area contributed by atoms with E-state index in [1.807, 2.05) is 44.2 Å². The quantitative estimate of drug-likeness (QED) is 0.354. The van der Waals surface area contributed by atoms with Crippen LogP contribution in [0.3, 0.4) is 0 Å².